The lowest BCUT2D eigenvalue weighted by Gasteiger charge is -2.26. The number of hydrogen-bond donors (Lipinski definition) is 0. The Balaban J connectivity index is 2.29. The molecule has 0 aromatic heterocycles. The van der Waals surface area contributed by atoms with Crippen LogP contribution in [0.3, 0.4) is 0 Å². The third-order valence-corrected chi connectivity index (χ3v) is 4.36. The van der Waals surface area contributed by atoms with Gasteiger partial charge in [-0.2, -0.15) is 13.2 Å². The van der Waals surface area contributed by atoms with E-state index in [1.54, 1.807) is 13.0 Å². The first-order chi connectivity index (χ1) is 10.8. The van der Waals surface area contributed by atoms with E-state index >= 15 is 0 Å². The van der Waals surface area contributed by atoms with Crippen LogP contribution in [0.1, 0.15) is 37.8 Å². The topological polar surface area (TPSA) is 18.5 Å². The number of hydrogen-bond acceptors (Lipinski definition) is 2. The third-order valence-electron chi connectivity index (χ3n) is 4.08. The van der Waals surface area contributed by atoms with Gasteiger partial charge in [-0.3, -0.25) is 0 Å². The molecule has 2 rings (SSSR count). The van der Waals surface area contributed by atoms with Gasteiger partial charge in [-0.25, -0.2) is 0 Å². The maximum absolute atomic E-state index is 12.9. The molecule has 1 aliphatic rings. The smallest absolute Gasteiger partial charge is 0.429 e. The van der Waals surface area contributed by atoms with Gasteiger partial charge < -0.3 is 9.47 Å². The molecule has 0 radical (unpaired) electrons. The normalized spacial score (nSPS) is 17.1. The molecule has 0 amide bonds. The molecule has 1 heterocycles. The van der Waals surface area contributed by atoms with Crippen LogP contribution < -0.4 is 9.47 Å². The first-order valence-electron chi connectivity index (χ1n) is 7.65. The average molecular weight is 349 g/mol. The molecule has 2 nitrogen and oxygen atoms in total. The van der Waals surface area contributed by atoms with E-state index in [2.05, 4.69) is 13.8 Å². The molecule has 0 N–H and O–H groups in total. The zero-order valence-electron chi connectivity index (χ0n) is 13.3. The highest BCUT2D eigenvalue weighted by Crippen LogP contribution is 2.43. The summed E-state index contributed by atoms with van der Waals surface area (Å²) in [5.74, 6) is 0.956. The molecular weight excluding hydrogens is 329 g/mol. The van der Waals surface area contributed by atoms with Gasteiger partial charge in [-0.05, 0) is 25.0 Å². The first-order valence-corrected chi connectivity index (χ1v) is 8.03. The molecule has 0 fully saturated rings. The summed E-state index contributed by atoms with van der Waals surface area (Å²) < 4.78 is 49.5. The van der Waals surface area contributed by atoms with Crippen molar-refractivity contribution in [1.29, 1.82) is 0 Å². The molecule has 0 saturated heterocycles. The number of ether oxygens (including phenoxy) is 2. The summed E-state index contributed by atoms with van der Waals surface area (Å²) in [6.45, 7) is 6.28. The van der Waals surface area contributed by atoms with Gasteiger partial charge in [0.05, 0.1) is 11.6 Å². The third kappa shape index (κ3) is 3.94. The zero-order valence-corrected chi connectivity index (χ0v) is 14.1. The Morgan fingerprint density at radius 1 is 1.30 bits per heavy atom. The van der Waals surface area contributed by atoms with E-state index in [4.69, 9.17) is 21.1 Å². The summed E-state index contributed by atoms with van der Waals surface area (Å²) in [7, 11) is 0. The molecule has 0 aliphatic carbocycles. The van der Waals surface area contributed by atoms with Crippen LogP contribution in [0.15, 0.2) is 12.1 Å². The second-order valence-corrected chi connectivity index (χ2v) is 6.07. The molecular formula is C17H20ClF3O2. The fourth-order valence-electron chi connectivity index (χ4n) is 2.48. The van der Waals surface area contributed by atoms with Crippen LogP contribution in [0, 0.1) is 12.8 Å². The molecule has 128 valence electrons. The zero-order chi connectivity index (χ0) is 17.2. The van der Waals surface area contributed by atoms with Crippen LogP contribution in [-0.4, -0.2) is 18.9 Å². The minimum atomic E-state index is -4.45. The van der Waals surface area contributed by atoms with E-state index in [-0.39, 0.29) is 5.75 Å². The Labute approximate surface area is 139 Å². The second kappa shape index (κ2) is 7.04. The van der Waals surface area contributed by atoms with Crippen LogP contribution in [0.4, 0.5) is 13.2 Å². The molecule has 0 saturated carbocycles. The highest BCUT2D eigenvalue weighted by molar-refractivity contribution is 6.32. The minimum Gasteiger partial charge on any atom is -0.491 e. The van der Waals surface area contributed by atoms with Crippen molar-refractivity contribution in [2.45, 2.75) is 45.9 Å². The summed E-state index contributed by atoms with van der Waals surface area (Å²) in [6.07, 6.45) is -2.08. The van der Waals surface area contributed by atoms with Gasteiger partial charge in [0.25, 0.3) is 0 Å². The van der Waals surface area contributed by atoms with Gasteiger partial charge >= 0.3 is 6.18 Å². The highest BCUT2D eigenvalue weighted by Gasteiger charge is 2.42. The summed E-state index contributed by atoms with van der Waals surface area (Å²) in [5, 5.41) is 0.380. The minimum absolute atomic E-state index is 0.179. The summed E-state index contributed by atoms with van der Waals surface area (Å²) in [4.78, 5) is 0. The van der Waals surface area contributed by atoms with Crippen molar-refractivity contribution >= 4 is 17.7 Å². The quantitative estimate of drug-likeness (QED) is 0.669. The maximum atomic E-state index is 12.9. The molecule has 23 heavy (non-hydrogen) atoms. The first kappa shape index (κ1) is 18.0. The van der Waals surface area contributed by atoms with Gasteiger partial charge in [0, 0.05) is 11.1 Å². The lowest BCUT2D eigenvalue weighted by Crippen LogP contribution is -2.34. The molecule has 1 aliphatic heterocycles. The fraction of sp³-hybridized carbons (Fsp3) is 0.529. The molecule has 0 spiro atoms. The van der Waals surface area contributed by atoms with Gasteiger partial charge in [0.1, 0.15) is 11.5 Å². The van der Waals surface area contributed by atoms with Crippen molar-refractivity contribution in [2.24, 2.45) is 5.92 Å². The van der Waals surface area contributed by atoms with E-state index in [9.17, 15) is 13.2 Å². The standard InChI is InChI=1S/C17H20ClF3O2/c1-4-11(5-2)9-22-16-10(3)15-12(8-13(16)18)6-7-14(23-15)17(19,20)21/h6-8,11,14H,4-5,9H2,1-3H3. The monoisotopic (exact) mass is 348 g/mol. The van der Waals surface area contributed by atoms with Crippen LogP contribution in [0.2, 0.25) is 5.02 Å². The molecule has 1 unspecified atom stereocenters. The lowest BCUT2D eigenvalue weighted by atomic mass is 10.0. The summed E-state index contributed by atoms with van der Waals surface area (Å²) >= 11 is 6.23. The van der Waals surface area contributed by atoms with E-state index in [1.807, 2.05) is 0 Å². The number of alkyl halides is 3. The number of fused-ring (bicyclic) bond motifs is 1. The predicted octanol–water partition coefficient (Wildman–Crippen LogP) is 5.80. The summed E-state index contributed by atoms with van der Waals surface area (Å²) in [6, 6.07) is 1.58. The van der Waals surface area contributed by atoms with Crippen LogP contribution >= 0.6 is 11.6 Å². The lowest BCUT2D eigenvalue weighted by molar-refractivity contribution is -0.180. The van der Waals surface area contributed by atoms with E-state index in [1.165, 1.54) is 6.08 Å². The largest absolute Gasteiger partial charge is 0.491 e. The highest BCUT2D eigenvalue weighted by atomic mass is 35.5. The fourth-order valence-corrected chi connectivity index (χ4v) is 2.80. The number of halogens is 4. The molecule has 0 bridgehead atoms. The SMILES string of the molecule is CCC(CC)COc1c(Cl)cc2c(c1C)OC(C(F)(F)F)C=C2. The Bertz CT molecular complexity index is 592. The Hall–Kier alpha value is -1.36. The van der Waals surface area contributed by atoms with Gasteiger partial charge in [0.15, 0.2) is 0 Å². The van der Waals surface area contributed by atoms with Crippen LogP contribution in [0.5, 0.6) is 11.5 Å². The second-order valence-electron chi connectivity index (χ2n) is 5.66. The predicted molar refractivity (Wildman–Crippen MR) is 85.3 cm³/mol. The molecule has 1 aromatic carbocycles. The Morgan fingerprint density at radius 3 is 2.52 bits per heavy atom. The van der Waals surface area contributed by atoms with Crippen molar-refractivity contribution in [3.63, 3.8) is 0 Å². The number of rotatable bonds is 5. The molecule has 1 atom stereocenters. The van der Waals surface area contributed by atoms with E-state index in [0.29, 0.717) is 34.4 Å². The van der Waals surface area contributed by atoms with E-state index in [0.717, 1.165) is 18.9 Å². The van der Waals surface area contributed by atoms with Gasteiger partial charge in [0.2, 0.25) is 6.10 Å². The summed E-state index contributed by atoms with van der Waals surface area (Å²) in [5.41, 5.74) is 1.03. The van der Waals surface area contributed by atoms with Crippen LogP contribution in [-0.2, 0) is 0 Å². The molecule has 6 heteroatoms. The maximum Gasteiger partial charge on any atom is 0.429 e. The average Bonchev–Trinajstić information content (AvgIpc) is 2.49. The molecule has 1 aromatic rings. The van der Waals surface area contributed by atoms with E-state index < -0.39 is 12.3 Å². The van der Waals surface area contributed by atoms with Crippen molar-refractivity contribution in [3.8, 4) is 11.5 Å². The van der Waals surface area contributed by atoms with Crippen LogP contribution in [0.25, 0.3) is 6.08 Å². The van der Waals surface area contributed by atoms with Crippen molar-refractivity contribution < 1.29 is 22.6 Å². The van der Waals surface area contributed by atoms with Crippen molar-refractivity contribution in [2.75, 3.05) is 6.61 Å². The number of benzene rings is 1. The van der Waals surface area contributed by atoms with Crippen molar-refractivity contribution in [3.05, 3.63) is 28.3 Å². The van der Waals surface area contributed by atoms with Gasteiger partial charge in [-0.15, -0.1) is 0 Å². The van der Waals surface area contributed by atoms with Crippen molar-refractivity contribution in [1.82, 2.24) is 0 Å². The Kier molecular flexibility index (Phi) is 5.50. The van der Waals surface area contributed by atoms with Gasteiger partial charge in [-0.1, -0.05) is 44.4 Å². The Morgan fingerprint density at radius 2 is 1.96 bits per heavy atom.